The molecule has 0 saturated carbocycles. The summed E-state index contributed by atoms with van der Waals surface area (Å²) in [6.07, 6.45) is 0. The third kappa shape index (κ3) is 4.60. The molecule has 0 aliphatic heterocycles. The van der Waals surface area contributed by atoms with Crippen LogP contribution < -0.4 is 9.47 Å². The normalized spacial score (nSPS) is 10.4. The maximum atomic E-state index is 11.7. The fraction of sp³-hybridized carbons (Fsp3) is 0.136. The zero-order chi connectivity index (χ0) is 19.2. The van der Waals surface area contributed by atoms with Crippen LogP contribution in [-0.2, 0) is 6.61 Å². The number of benzene rings is 3. The van der Waals surface area contributed by atoms with Crippen molar-refractivity contribution < 1.29 is 19.4 Å². The Balaban J connectivity index is 1.90. The molecule has 0 heterocycles. The van der Waals surface area contributed by atoms with Crippen molar-refractivity contribution in [3.63, 3.8) is 0 Å². The van der Waals surface area contributed by atoms with Crippen molar-refractivity contribution in [2.45, 2.75) is 13.5 Å². The lowest BCUT2D eigenvalue weighted by Gasteiger charge is -2.13. The van der Waals surface area contributed by atoms with Crippen molar-refractivity contribution in [3.8, 4) is 22.6 Å². The second-order valence-electron chi connectivity index (χ2n) is 5.86. The molecular weight excluding hydrogens is 364 g/mol. The predicted molar refractivity (Wildman–Crippen MR) is 106 cm³/mol. The Morgan fingerprint density at radius 1 is 0.963 bits per heavy atom. The maximum Gasteiger partial charge on any atom is 0.339 e. The molecule has 0 bridgehead atoms. The highest BCUT2D eigenvalue weighted by Gasteiger charge is 2.15. The average Bonchev–Trinajstić information content (AvgIpc) is 2.67. The van der Waals surface area contributed by atoms with E-state index < -0.39 is 5.97 Å². The summed E-state index contributed by atoms with van der Waals surface area (Å²) in [5.41, 5.74) is 2.56. The number of carboxylic acids is 1. The van der Waals surface area contributed by atoms with E-state index in [4.69, 9.17) is 21.1 Å². The molecule has 0 aliphatic carbocycles. The van der Waals surface area contributed by atoms with Gasteiger partial charge in [-0.15, -0.1) is 0 Å². The van der Waals surface area contributed by atoms with Gasteiger partial charge in [0.25, 0.3) is 0 Å². The van der Waals surface area contributed by atoms with Crippen molar-refractivity contribution in [1.82, 2.24) is 0 Å². The summed E-state index contributed by atoms with van der Waals surface area (Å²) in [4.78, 5) is 11.7. The Bertz CT molecular complexity index is 953. The number of halogens is 1. The van der Waals surface area contributed by atoms with E-state index in [1.807, 2.05) is 49.4 Å². The molecule has 0 aliphatic rings. The molecule has 1 N–H and O–H groups in total. The van der Waals surface area contributed by atoms with Crippen molar-refractivity contribution in [2.75, 3.05) is 6.61 Å². The summed E-state index contributed by atoms with van der Waals surface area (Å²) in [6.45, 7) is 2.67. The summed E-state index contributed by atoms with van der Waals surface area (Å²) >= 11 is 5.98. The van der Waals surface area contributed by atoms with Gasteiger partial charge in [0.15, 0.2) is 0 Å². The minimum Gasteiger partial charge on any atom is -0.493 e. The summed E-state index contributed by atoms with van der Waals surface area (Å²) < 4.78 is 11.4. The molecule has 3 aromatic carbocycles. The van der Waals surface area contributed by atoms with Gasteiger partial charge < -0.3 is 14.6 Å². The smallest absolute Gasteiger partial charge is 0.339 e. The fourth-order valence-electron chi connectivity index (χ4n) is 2.76. The highest BCUT2D eigenvalue weighted by molar-refractivity contribution is 6.30. The van der Waals surface area contributed by atoms with Crippen LogP contribution in [0.1, 0.15) is 22.8 Å². The lowest BCUT2D eigenvalue weighted by molar-refractivity contribution is 0.0692. The Morgan fingerprint density at radius 2 is 1.78 bits per heavy atom. The van der Waals surface area contributed by atoms with Crippen molar-refractivity contribution >= 4 is 17.6 Å². The van der Waals surface area contributed by atoms with Crippen LogP contribution in [0, 0.1) is 0 Å². The molecule has 0 aromatic heterocycles. The van der Waals surface area contributed by atoms with E-state index in [0.29, 0.717) is 23.1 Å². The van der Waals surface area contributed by atoms with Crippen LogP contribution in [0.5, 0.6) is 11.5 Å². The molecule has 0 spiro atoms. The topological polar surface area (TPSA) is 55.8 Å². The van der Waals surface area contributed by atoms with Crippen LogP contribution in [0.25, 0.3) is 11.1 Å². The van der Waals surface area contributed by atoms with Crippen molar-refractivity contribution in [1.29, 1.82) is 0 Å². The summed E-state index contributed by atoms with van der Waals surface area (Å²) in [5.74, 6) is -0.0316. The Hall–Kier alpha value is -2.98. The SMILES string of the molecule is CCOc1ccccc1-c1ccc(OCc2cccc(Cl)c2)c(C(=O)O)c1. The first-order valence-corrected chi connectivity index (χ1v) is 8.93. The predicted octanol–water partition coefficient (Wildman–Crippen LogP) is 5.68. The Morgan fingerprint density at radius 3 is 2.52 bits per heavy atom. The van der Waals surface area contributed by atoms with Crippen LogP contribution in [0.3, 0.4) is 0 Å². The first-order valence-electron chi connectivity index (χ1n) is 8.55. The number of hydrogen-bond donors (Lipinski definition) is 1. The zero-order valence-corrected chi connectivity index (χ0v) is 15.6. The second-order valence-corrected chi connectivity index (χ2v) is 6.30. The lowest BCUT2D eigenvalue weighted by atomic mass is 10.0. The molecule has 5 heteroatoms. The fourth-order valence-corrected chi connectivity index (χ4v) is 2.98. The van der Waals surface area contributed by atoms with Gasteiger partial charge in [-0.3, -0.25) is 0 Å². The number of rotatable bonds is 7. The van der Waals surface area contributed by atoms with E-state index >= 15 is 0 Å². The molecule has 0 radical (unpaired) electrons. The molecule has 0 amide bonds. The number of carbonyl (C=O) groups is 1. The van der Waals surface area contributed by atoms with Crippen molar-refractivity contribution in [3.05, 3.63) is 82.9 Å². The summed E-state index contributed by atoms with van der Waals surface area (Å²) in [6, 6.07) is 19.9. The molecular formula is C22H19ClO4. The van der Waals surface area contributed by atoms with Crippen LogP contribution in [-0.4, -0.2) is 17.7 Å². The second kappa shape index (κ2) is 8.60. The summed E-state index contributed by atoms with van der Waals surface area (Å²) in [7, 11) is 0. The van der Waals surface area contributed by atoms with E-state index in [2.05, 4.69) is 0 Å². The quantitative estimate of drug-likeness (QED) is 0.570. The Labute approximate surface area is 162 Å². The number of carboxylic acid groups (broad SMARTS) is 1. The molecule has 0 unspecified atom stereocenters. The molecule has 27 heavy (non-hydrogen) atoms. The minimum absolute atomic E-state index is 0.0980. The minimum atomic E-state index is -1.05. The first kappa shape index (κ1) is 18.8. The molecule has 0 fully saturated rings. The van der Waals surface area contributed by atoms with E-state index in [0.717, 1.165) is 16.7 Å². The van der Waals surface area contributed by atoms with Gasteiger partial charge >= 0.3 is 5.97 Å². The number of ether oxygens (including phenoxy) is 2. The first-order chi connectivity index (χ1) is 13.1. The third-order valence-electron chi connectivity index (χ3n) is 3.99. The molecule has 3 rings (SSSR count). The third-order valence-corrected chi connectivity index (χ3v) is 4.23. The van der Waals surface area contributed by atoms with E-state index in [1.54, 1.807) is 24.3 Å². The Kier molecular flexibility index (Phi) is 5.99. The number of para-hydroxylation sites is 1. The van der Waals surface area contributed by atoms with Crippen LogP contribution >= 0.6 is 11.6 Å². The molecule has 0 saturated heterocycles. The number of hydrogen-bond acceptors (Lipinski definition) is 3. The molecule has 4 nitrogen and oxygen atoms in total. The van der Waals surface area contributed by atoms with Crippen LogP contribution in [0.15, 0.2) is 66.7 Å². The van der Waals surface area contributed by atoms with Gasteiger partial charge in [0.1, 0.15) is 23.7 Å². The van der Waals surface area contributed by atoms with Gasteiger partial charge in [-0.25, -0.2) is 4.79 Å². The van der Waals surface area contributed by atoms with E-state index in [-0.39, 0.29) is 12.2 Å². The van der Waals surface area contributed by atoms with Gasteiger partial charge in [0.2, 0.25) is 0 Å². The highest BCUT2D eigenvalue weighted by Crippen LogP contribution is 2.33. The summed E-state index contributed by atoms with van der Waals surface area (Å²) in [5, 5.41) is 10.2. The van der Waals surface area contributed by atoms with Gasteiger partial charge in [0, 0.05) is 10.6 Å². The average molecular weight is 383 g/mol. The number of aromatic carboxylic acids is 1. The highest BCUT2D eigenvalue weighted by atomic mass is 35.5. The molecule has 138 valence electrons. The lowest BCUT2D eigenvalue weighted by Crippen LogP contribution is -2.04. The van der Waals surface area contributed by atoms with Gasteiger partial charge in [-0.2, -0.15) is 0 Å². The van der Waals surface area contributed by atoms with E-state index in [1.165, 1.54) is 0 Å². The van der Waals surface area contributed by atoms with Gasteiger partial charge in [0.05, 0.1) is 6.61 Å². The van der Waals surface area contributed by atoms with Crippen LogP contribution in [0.2, 0.25) is 5.02 Å². The zero-order valence-electron chi connectivity index (χ0n) is 14.8. The monoisotopic (exact) mass is 382 g/mol. The molecule has 3 aromatic rings. The largest absolute Gasteiger partial charge is 0.493 e. The van der Waals surface area contributed by atoms with E-state index in [9.17, 15) is 9.90 Å². The van der Waals surface area contributed by atoms with Crippen LogP contribution in [0.4, 0.5) is 0 Å². The maximum absolute atomic E-state index is 11.7. The standard InChI is InChI=1S/C22H19ClO4/c1-2-26-20-9-4-3-8-18(20)16-10-11-21(19(13-16)22(24)25)27-14-15-6-5-7-17(23)12-15/h3-13H,2,14H2,1H3,(H,24,25). The van der Waals surface area contributed by atoms with Gasteiger partial charge in [-0.1, -0.05) is 48.0 Å². The van der Waals surface area contributed by atoms with Gasteiger partial charge in [-0.05, 0) is 48.4 Å². The van der Waals surface area contributed by atoms with Crippen molar-refractivity contribution in [2.24, 2.45) is 0 Å². The molecule has 0 atom stereocenters.